The summed E-state index contributed by atoms with van der Waals surface area (Å²) in [6.45, 7) is 5.99. The number of hydrogen-bond donors (Lipinski definition) is 0. The topological polar surface area (TPSA) is 69.8 Å². The zero-order chi connectivity index (χ0) is 13.7. The van der Waals surface area contributed by atoms with Gasteiger partial charge in [0.2, 0.25) is 0 Å². The van der Waals surface area contributed by atoms with Crippen LogP contribution in [0.1, 0.15) is 26.5 Å². The van der Waals surface area contributed by atoms with Crippen molar-refractivity contribution in [3.63, 3.8) is 0 Å². The first kappa shape index (κ1) is 12.5. The summed E-state index contributed by atoms with van der Waals surface area (Å²) in [6.07, 6.45) is 1.61. The molecule has 0 N–H and O–H groups in total. The van der Waals surface area contributed by atoms with Crippen molar-refractivity contribution < 1.29 is 0 Å². The summed E-state index contributed by atoms with van der Waals surface area (Å²) >= 11 is 0. The third-order valence-corrected chi connectivity index (χ3v) is 2.92. The van der Waals surface area contributed by atoms with E-state index < -0.39 is 11.2 Å². The molecule has 0 atom stereocenters. The minimum atomic E-state index is -0.410. The van der Waals surface area contributed by atoms with Crippen molar-refractivity contribution in [2.75, 3.05) is 0 Å². The summed E-state index contributed by atoms with van der Waals surface area (Å²) in [4.78, 5) is 32.3. The van der Waals surface area contributed by atoms with Crippen molar-refractivity contribution in [2.45, 2.75) is 26.2 Å². The lowest BCUT2D eigenvalue weighted by Crippen LogP contribution is -2.38. The van der Waals surface area contributed by atoms with Crippen LogP contribution in [0.2, 0.25) is 0 Å². The molecule has 0 aliphatic rings. The molecule has 0 fully saturated rings. The maximum absolute atomic E-state index is 12.0. The summed E-state index contributed by atoms with van der Waals surface area (Å²) < 4.78 is 2.37. The van der Waals surface area contributed by atoms with Crippen molar-refractivity contribution >= 4 is 11.2 Å². The van der Waals surface area contributed by atoms with Gasteiger partial charge in [-0.05, 0) is 0 Å². The molecule has 2 aromatic rings. The first-order valence-electron chi connectivity index (χ1n) is 5.66. The van der Waals surface area contributed by atoms with Crippen LogP contribution in [0.3, 0.4) is 0 Å². The Morgan fingerprint density at radius 1 is 1.11 bits per heavy atom. The Labute approximate surface area is 104 Å². The number of fused-ring (bicyclic) bond motifs is 1. The van der Waals surface area contributed by atoms with Crippen LogP contribution in [-0.4, -0.2) is 19.1 Å². The zero-order valence-corrected chi connectivity index (χ0v) is 11.2. The molecule has 0 unspecified atom stereocenters. The van der Waals surface area contributed by atoms with Gasteiger partial charge in [0.05, 0.1) is 11.9 Å². The number of aromatic nitrogens is 4. The average molecular weight is 248 g/mol. The molecule has 0 amide bonds. The molecule has 0 bridgehead atoms. The quantitative estimate of drug-likeness (QED) is 0.673. The second-order valence-electron chi connectivity index (χ2n) is 5.38. The van der Waals surface area contributed by atoms with Crippen LogP contribution in [0, 0.1) is 0 Å². The van der Waals surface area contributed by atoms with E-state index in [0.29, 0.717) is 5.65 Å². The highest BCUT2D eigenvalue weighted by Gasteiger charge is 2.19. The first-order valence-corrected chi connectivity index (χ1v) is 5.66. The molecule has 0 spiro atoms. The van der Waals surface area contributed by atoms with Gasteiger partial charge in [-0.1, -0.05) is 20.8 Å². The van der Waals surface area contributed by atoms with Gasteiger partial charge >= 0.3 is 5.69 Å². The predicted octanol–water partition coefficient (Wildman–Crippen LogP) is 0.325. The lowest BCUT2D eigenvalue weighted by molar-refractivity contribution is 0.566. The summed E-state index contributed by atoms with van der Waals surface area (Å²) in [6, 6.07) is 0. The number of nitrogens with zero attached hydrogens (tertiary/aromatic N) is 4. The molecule has 96 valence electrons. The third-order valence-electron chi connectivity index (χ3n) is 2.92. The van der Waals surface area contributed by atoms with E-state index in [2.05, 4.69) is 9.97 Å². The smallest absolute Gasteiger partial charge is 0.279 e. The lowest BCUT2D eigenvalue weighted by atomic mass is 9.93. The molecule has 0 saturated heterocycles. The first-order chi connectivity index (χ1) is 8.23. The molecule has 2 heterocycles. The van der Waals surface area contributed by atoms with Crippen LogP contribution in [0.25, 0.3) is 11.2 Å². The van der Waals surface area contributed by atoms with Crippen molar-refractivity contribution in [1.29, 1.82) is 0 Å². The molecule has 0 saturated carbocycles. The summed E-state index contributed by atoms with van der Waals surface area (Å²) in [5.41, 5.74) is 0.270. The molecule has 6 nitrogen and oxygen atoms in total. The van der Waals surface area contributed by atoms with E-state index in [4.69, 9.17) is 0 Å². The van der Waals surface area contributed by atoms with E-state index in [-0.39, 0.29) is 10.9 Å². The SMILES string of the molecule is Cn1c(=O)c2nc(C(C)(C)C)cnc2n(C)c1=O. The summed E-state index contributed by atoms with van der Waals surface area (Å²) in [5, 5.41) is 0. The maximum Gasteiger partial charge on any atom is 0.332 e. The van der Waals surface area contributed by atoms with Crippen molar-refractivity contribution in [1.82, 2.24) is 19.1 Å². The van der Waals surface area contributed by atoms with Crippen LogP contribution < -0.4 is 11.2 Å². The molecular formula is C12H16N4O2. The standard InChI is InChI=1S/C12H16N4O2/c1-12(2,3)7-6-13-9-8(14-7)10(17)16(5)11(18)15(9)4/h6H,1-5H3. The Morgan fingerprint density at radius 2 is 1.72 bits per heavy atom. The van der Waals surface area contributed by atoms with Gasteiger partial charge in [0.25, 0.3) is 5.56 Å². The van der Waals surface area contributed by atoms with E-state index in [0.717, 1.165) is 10.3 Å². The van der Waals surface area contributed by atoms with Crippen molar-refractivity contribution in [3.8, 4) is 0 Å². The van der Waals surface area contributed by atoms with Crippen LogP contribution in [0.5, 0.6) is 0 Å². The minimum Gasteiger partial charge on any atom is -0.279 e. The lowest BCUT2D eigenvalue weighted by Gasteiger charge is -2.17. The molecular weight excluding hydrogens is 232 g/mol. The molecule has 2 aromatic heterocycles. The van der Waals surface area contributed by atoms with E-state index in [1.807, 2.05) is 20.8 Å². The van der Waals surface area contributed by atoms with Crippen LogP contribution >= 0.6 is 0 Å². The van der Waals surface area contributed by atoms with Gasteiger partial charge in [0.1, 0.15) is 0 Å². The Morgan fingerprint density at radius 3 is 2.28 bits per heavy atom. The van der Waals surface area contributed by atoms with Crippen molar-refractivity contribution in [2.24, 2.45) is 14.1 Å². The zero-order valence-electron chi connectivity index (χ0n) is 11.2. The Kier molecular flexibility index (Phi) is 2.61. The largest absolute Gasteiger partial charge is 0.332 e. The van der Waals surface area contributed by atoms with E-state index in [1.54, 1.807) is 13.2 Å². The van der Waals surface area contributed by atoms with Gasteiger partial charge in [-0.2, -0.15) is 0 Å². The maximum atomic E-state index is 12.0. The highest BCUT2D eigenvalue weighted by atomic mass is 16.2. The van der Waals surface area contributed by atoms with E-state index in [1.165, 1.54) is 11.6 Å². The molecule has 0 aliphatic carbocycles. The Bertz CT molecular complexity index is 735. The number of rotatable bonds is 0. The molecule has 0 aliphatic heterocycles. The highest BCUT2D eigenvalue weighted by molar-refractivity contribution is 5.68. The van der Waals surface area contributed by atoms with Crippen molar-refractivity contribution in [3.05, 3.63) is 32.7 Å². The molecule has 18 heavy (non-hydrogen) atoms. The van der Waals surface area contributed by atoms with E-state index in [9.17, 15) is 9.59 Å². The molecule has 6 heteroatoms. The monoisotopic (exact) mass is 248 g/mol. The second-order valence-corrected chi connectivity index (χ2v) is 5.38. The Balaban J connectivity index is 2.96. The Hall–Kier alpha value is -1.98. The van der Waals surface area contributed by atoms with Gasteiger partial charge in [0, 0.05) is 19.5 Å². The van der Waals surface area contributed by atoms with Gasteiger partial charge in [-0.15, -0.1) is 0 Å². The second kappa shape index (κ2) is 3.76. The normalized spacial score (nSPS) is 12.1. The van der Waals surface area contributed by atoms with Crippen LogP contribution in [0.15, 0.2) is 15.8 Å². The number of hydrogen-bond acceptors (Lipinski definition) is 4. The fourth-order valence-electron chi connectivity index (χ4n) is 1.69. The predicted molar refractivity (Wildman–Crippen MR) is 68.7 cm³/mol. The fraction of sp³-hybridized carbons (Fsp3) is 0.500. The molecule has 0 aromatic carbocycles. The number of aryl methyl sites for hydroxylation is 1. The van der Waals surface area contributed by atoms with Gasteiger partial charge in [0.15, 0.2) is 11.2 Å². The summed E-state index contributed by atoms with van der Waals surface area (Å²) in [7, 11) is 3.02. The molecule has 2 rings (SSSR count). The van der Waals surface area contributed by atoms with Gasteiger partial charge < -0.3 is 0 Å². The summed E-state index contributed by atoms with van der Waals surface area (Å²) in [5.74, 6) is 0. The average Bonchev–Trinajstić information content (AvgIpc) is 2.32. The fourth-order valence-corrected chi connectivity index (χ4v) is 1.69. The third kappa shape index (κ3) is 1.73. The van der Waals surface area contributed by atoms with Gasteiger partial charge in [-0.25, -0.2) is 14.8 Å². The van der Waals surface area contributed by atoms with Gasteiger partial charge in [-0.3, -0.25) is 13.9 Å². The van der Waals surface area contributed by atoms with Crippen LogP contribution in [-0.2, 0) is 19.5 Å². The molecule has 0 radical (unpaired) electrons. The minimum absolute atomic E-state index is 0.194. The van der Waals surface area contributed by atoms with E-state index >= 15 is 0 Å². The van der Waals surface area contributed by atoms with Crippen LogP contribution in [0.4, 0.5) is 0 Å². The highest BCUT2D eigenvalue weighted by Crippen LogP contribution is 2.19.